The SMILES string of the molecule is C[N+](C)(C)CCOP(=O)(O)OP(=O)(O)OCC1OC(n2ccc(N)nc2=O)C(F)(F)C1O. The van der Waals surface area contributed by atoms with E-state index in [9.17, 15) is 37.6 Å². The lowest BCUT2D eigenvalue weighted by atomic mass is 10.1. The highest BCUT2D eigenvalue weighted by Crippen LogP contribution is 2.60. The summed E-state index contributed by atoms with van der Waals surface area (Å²) in [5, 5.41) is 9.86. The molecule has 1 aliphatic rings. The van der Waals surface area contributed by atoms with Crippen molar-refractivity contribution in [2.45, 2.75) is 24.4 Å². The first-order valence-electron chi connectivity index (χ1n) is 8.96. The number of phosphoric acid groups is 2. The second-order valence-electron chi connectivity index (χ2n) is 7.85. The zero-order chi connectivity index (χ0) is 24.5. The zero-order valence-electron chi connectivity index (χ0n) is 17.3. The van der Waals surface area contributed by atoms with Gasteiger partial charge in [0, 0.05) is 6.20 Å². The molecule has 0 aliphatic carbocycles. The molecule has 1 aromatic heterocycles. The minimum absolute atomic E-state index is 0.233. The molecule has 0 aromatic carbocycles. The Labute approximate surface area is 180 Å². The van der Waals surface area contributed by atoms with E-state index in [1.165, 1.54) is 0 Å². The Morgan fingerprint density at radius 3 is 2.44 bits per heavy atom. The molecule has 32 heavy (non-hydrogen) atoms. The Hall–Kier alpha value is -1.32. The number of ether oxygens (including phenoxy) is 1. The summed E-state index contributed by atoms with van der Waals surface area (Å²) in [4.78, 5) is 34.3. The van der Waals surface area contributed by atoms with Crippen LogP contribution in [0.25, 0.3) is 0 Å². The smallest absolute Gasteiger partial charge is 0.384 e. The molecule has 0 bridgehead atoms. The Balaban J connectivity index is 2.02. The number of anilines is 1. The van der Waals surface area contributed by atoms with Gasteiger partial charge >= 0.3 is 27.3 Å². The first-order chi connectivity index (χ1) is 14.4. The highest BCUT2D eigenvalue weighted by Gasteiger charge is 2.60. The molecule has 5 atom stereocenters. The highest BCUT2D eigenvalue weighted by atomic mass is 31.3. The summed E-state index contributed by atoms with van der Waals surface area (Å²) in [6.07, 6.45) is -5.94. The molecule has 0 spiro atoms. The van der Waals surface area contributed by atoms with Crippen molar-refractivity contribution in [3.8, 4) is 0 Å². The fraction of sp³-hybridized carbons (Fsp3) is 0.714. The van der Waals surface area contributed by atoms with Gasteiger partial charge in [0.25, 0.3) is 0 Å². The van der Waals surface area contributed by atoms with Crippen molar-refractivity contribution in [3.05, 3.63) is 22.7 Å². The van der Waals surface area contributed by atoms with Crippen molar-refractivity contribution in [1.82, 2.24) is 9.55 Å². The van der Waals surface area contributed by atoms with E-state index in [0.717, 1.165) is 12.3 Å². The summed E-state index contributed by atoms with van der Waals surface area (Å²) < 4.78 is 71.4. The lowest BCUT2D eigenvalue weighted by molar-refractivity contribution is -0.870. The molecule has 0 amide bonds. The largest absolute Gasteiger partial charge is 0.481 e. The fourth-order valence-corrected chi connectivity index (χ4v) is 4.55. The summed E-state index contributed by atoms with van der Waals surface area (Å²) in [7, 11) is -5.06. The van der Waals surface area contributed by atoms with Crippen LogP contribution in [0, 0.1) is 0 Å². The molecule has 14 nitrogen and oxygen atoms in total. The molecule has 2 heterocycles. The Morgan fingerprint density at radius 1 is 1.28 bits per heavy atom. The second-order valence-corrected chi connectivity index (χ2v) is 10.9. The molecular weight excluding hydrogens is 484 g/mol. The van der Waals surface area contributed by atoms with E-state index in [-0.39, 0.29) is 19.0 Å². The number of quaternary nitrogens is 1. The monoisotopic (exact) mass is 509 g/mol. The van der Waals surface area contributed by atoms with Crippen LogP contribution < -0.4 is 11.4 Å². The fourth-order valence-electron chi connectivity index (χ4n) is 2.49. The normalized spacial score (nSPS) is 27.1. The number of aromatic nitrogens is 2. The summed E-state index contributed by atoms with van der Waals surface area (Å²) in [6, 6.07) is 1.05. The van der Waals surface area contributed by atoms with E-state index in [4.69, 9.17) is 10.5 Å². The van der Waals surface area contributed by atoms with Crippen LogP contribution >= 0.6 is 15.6 Å². The maximum absolute atomic E-state index is 14.4. The van der Waals surface area contributed by atoms with E-state index >= 15 is 0 Å². The van der Waals surface area contributed by atoms with Crippen LogP contribution in [0.5, 0.6) is 0 Å². The molecule has 5 N–H and O–H groups in total. The number of halogens is 2. The van der Waals surface area contributed by atoms with Gasteiger partial charge in [0.05, 0.1) is 27.7 Å². The number of aliphatic hydroxyl groups excluding tert-OH is 1. The predicted octanol–water partition coefficient (Wildman–Crippen LogP) is -0.324. The van der Waals surface area contributed by atoms with Crippen LogP contribution in [0.4, 0.5) is 14.6 Å². The molecule has 18 heteroatoms. The number of alkyl halides is 2. The Bertz CT molecular complexity index is 972. The number of hydrogen-bond acceptors (Lipinski definition) is 10. The maximum atomic E-state index is 14.4. The topological polar surface area (TPSA) is 193 Å². The maximum Gasteiger partial charge on any atom is 0.481 e. The van der Waals surface area contributed by atoms with Crippen LogP contribution in [0.2, 0.25) is 0 Å². The molecule has 2 rings (SSSR count). The van der Waals surface area contributed by atoms with E-state index in [1.807, 2.05) is 0 Å². The summed E-state index contributed by atoms with van der Waals surface area (Å²) >= 11 is 0. The number of hydrogen-bond donors (Lipinski definition) is 4. The van der Waals surface area contributed by atoms with E-state index in [2.05, 4.69) is 18.3 Å². The summed E-state index contributed by atoms with van der Waals surface area (Å²) in [6.45, 7) is -1.21. The van der Waals surface area contributed by atoms with Crippen LogP contribution in [0.1, 0.15) is 6.23 Å². The number of nitrogen functional groups attached to an aromatic ring is 1. The van der Waals surface area contributed by atoms with Crippen molar-refractivity contribution in [2.24, 2.45) is 0 Å². The molecule has 184 valence electrons. The van der Waals surface area contributed by atoms with E-state index in [1.54, 1.807) is 21.1 Å². The van der Waals surface area contributed by atoms with Gasteiger partial charge in [0.1, 0.15) is 25.1 Å². The number of nitrogens with two attached hydrogens (primary N) is 1. The van der Waals surface area contributed by atoms with Gasteiger partial charge < -0.3 is 29.8 Å². The lowest BCUT2D eigenvalue weighted by Gasteiger charge is -2.24. The van der Waals surface area contributed by atoms with Crippen molar-refractivity contribution in [3.63, 3.8) is 0 Å². The second kappa shape index (κ2) is 9.50. The molecule has 1 aliphatic heterocycles. The molecule has 0 radical (unpaired) electrons. The zero-order valence-corrected chi connectivity index (χ0v) is 19.1. The summed E-state index contributed by atoms with van der Waals surface area (Å²) in [5.41, 5.74) is 4.11. The van der Waals surface area contributed by atoms with Crippen molar-refractivity contribution < 1.29 is 55.4 Å². The number of likely N-dealkylation sites (N-methyl/N-ethyl adjacent to an activating group) is 1. The predicted molar refractivity (Wildman–Crippen MR) is 103 cm³/mol. The number of rotatable bonds is 10. The van der Waals surface area contributed by atoms with Crippen LogP contribution in [0.3, 0.4) is 0 Å². The van der Waals surface area contributed by atoms with Gasteiger partial charge in [-0.2, -0.15) is 18.1 Å². The van der Waals surface area contributed by atoms with Gasteiger partial charge in [-0.3, -0.25) is 13.6 Å². The molecule has 1 aromatic rings. The number of aliphatic hydroxyl groups is 1. The minimum Gasteiger partial charge on any atom is -0.384 e. The number of nitrogens with zero attached hydrogens (tertiary/aromatic N) is 3. The van der Waals surface area contributed by atoms with Gasteiger partial charge in [-0.1, -0.05) is 0 Å². The van der Waals surface area contributed by atoms with Gasteiger partial charge in [0.15, 0.2) is 6.10 Å². The molecule has 1 saturated heterocycles. The van der Waals surface area contributed by atoms with E-state index in [0.29, 0.717) is 9.05 Å². The third-order valence-corrected chi connectivity index (χ3v) is 6.74. The van der Waals surface area contributed by atoms with Crippen molar-refractivity contribution >= 4 is 21.5 Å². The van der Waals surface area contributed by atoms with Crippen LogP contribution in [-0.4, -0.2) is 88.0 Å². The van der Waals surface area contributed by atoms with Gasteiger partial charge in [-0.05, 0) is 6.07 Å². The lowest BCUT2D eigenvalue weighted by Crippen LogP contribution is -2.41. The summed E-state index contributed by atoms with van der Waals surface area (Å²) in [5.74, 6) is -4.26. The Morgan fingerprint density at radius 2 is 1.88 bits per heavy atom. The standard InChI is InChI=1S/C14H24F2N4O10P2/c1-20(2,3)6-7-27-31(23,24)30-32(25,26)28-8-9-11(21)14(15,16)12(29-9)19-5-4-10(17)18-13(19)22/h4-5,9,11-12,21H,6-8H2,1-3H3,(H3-,17,18,22,23,24,25,26)/p+1. The molecule has 0 saturated carbocycles. The first kappa shape index (κ1) is 26.9. The van der Waals surface area contributed by atoms with Crippen molar-refractivity contribution in [2.75, 3.05) is 46.6 Å². The molecular formula is C14H25F2N4O10P2+. The average Bonchev–Trinajstić information content (AvgIpc) is 2.81. The third kappa shape index (κ3) is 7.09. The van der Waals surface area contributed by atoms with Gasteiger partial charge in [0.2, 0.25) is 6.23 Å². The third-order valence-electron chi connectivity index (χ3n) is 4.11. The average molecular weight is 509 g/mol. The first-order valence-corrected chi connectivity index (χ1v) is 12.0. The molecule has 1 fully saturated rings. The van der Waals surface area contributed by atoms with Crippen molar-refractivity contribution in [1.29, 1.82) is 0 Å². The quantitative estimate of drug-likeness (QED) is 0.238. The minimum atomic E-state index is -5.30. The van der Waals surface area contributed by atoms with E-state index < -0.39 is 52.3 Å². The number of phosphoric ester groups is 2. The van der Waals surface area contributed by atoms with Crippen LogP contribution in [0.15, 0.2) is 17.1 Å². The van der Waals surface area contributed by atoms with Gasteiger partial charge in [-0.15, -0.1) is 0 Å². The highest BCUT2D eigenvalue weighted by molar-refractivity contribution is 7.61. The Kier molecular flexibility index (Phi) is 8.00. The van der Waals surface area contributed by atoms with Crippen LogP contribution in [-0.2, 0) is 27.2 Å². The molecule has 5 unspecified atom stereocenters. The van der Waals surface area contributed by atoms with Gasteiger partial charge in [-0.25, -0.2) is 13.9 Å².